The van der Waals surface area contributed by atoms with Crippen LogP contribution in [0.5, 0.6) is 0 Å². The second kappa shape index (κ2) is 12.0. The first-order valence-corrected chi connectivity index (χ1v) is 18.3. The Balaban J connectivity index is 1.43. The highest BCUT2D eigenvalue weighted by Gasteiger charge is 2.70. The Morgan fingerprint density at radius 1 is 0.935 bits per heavy atom. The van der Waals surface area contributed by atoms with Crippen molar-refractivity contribution in [3.05, 3.63) is 11.1 Å². The number of ether oxygens (including phenoxy) is 1. The molecule has 0 spiro atoms. The number of esters is 1. The van der Waals surface area contributed by atoms with Crippen LogP contribution in [0.2, 0.25) is 0 Å². The van der Waals surface area contributed by atoms with Crippen molar-refractivity contribution < 1.29 is 29.3 Å². The molecule has 5 rings (SSSR count). The van der Waals surface area contributed by atoms with Crippen molar-refractivity contribution in [3.8, 4) is 0 Å². The lowest BCUT2D eigenvalue weighted by molar-refractivity contribution is -0.233. The first kappa shape index (κ1) is 35.6. The summed E-state index contributed by atoms with van der Waals surface area (Å²) in [6, 6.07) is 0. The number of ketones is 1. The van der Waals surface area contributed by atoms with E-state index in [-0.39, 0.29) is 52.1 Å². The molecule has 0 saturated heterocycles. The average Bonchev–Trinajstić information content (AvgIpc) is 3.25. The number of Topliss-reactive ketones (excluding diaryl/α,β-unsaturated/α-hetero) is 1. The number of carboxylic acid groups (broad SMARTS) is 1. The van der Waals surface area contributed by atoms with E-state index in [0.29, 0.717) is 36.5 Å². The zero-order valence-corrected chi connectivity index (χ0v) is 30.3. The lowest BCUT2D eigenvalue weighted by Crippen LogP contribution is -2.65. The predicted molar refractivity (Wildman–Crippen MR) is 180 cm³/mol. The van der Waals surface area contributed by atoms with Crippen molar-refractivity contribution in [1.82, 2.24) is 5.32 Å². The van der Waals surface area contributed by atoms with Gasteiger partial charge in [0, 0.05) is 23.8 Å². The fraction of sp³-hybridized carbons (Fsp3) is 0.872. The molecule has 260 valence electrons. The molecule has 5 aliphatic rings. The minimum absolute atomic E-state index is 0.0489. The molecule has 7 nitrogen and oxygen atoms in total. The maximum absolute atomic E-state index is 13.8. The molecule has 7 heteroatoms. The van der Waals surface area contributed by atoms with Gasteiger partial charge in [-0.1, -0.05) is 54.0 Å². The number of aliphatic hydroxyl groups is 1. The molecule has 0 aromatic heterocycles. The van der Waals surface area contributed by atoms with Gasteiger partial charge in [0.25, 0.3) is 0 Å². The van der Waals surface area contributed by atoms with Crippen molar-refractivity contribution in [2.24, 2.45) is 56.2 Å². The third-order valence-electron chi connectivity index (χ3n) is 15.0. The summed E-state index contributed by atoms with van der Waals surface area (Å²) >= 11 is 0. The average molecular weight is 642 g/mol. The fourth-order valence-corrected chi connectivity index (χ4v) is 12.4. The van der Waals surface area contributed by atoms with Crippen molar-refractivity contribution >= 4 is 17.7 Å². The Labute approximate surface area is 278 Å². The quantitative estimate of drug-likeness (QED) is 0.169. The molecular weight excluding hydrogens is 578 g/mol. The number of aliphatic hydroxyl groups excluding tert-OH is 1. The van der Waals surface area contributed by atoms with Crippen molar-refractivity contribution in [2.45, 2.75) is 139 Å². The summed E-state index contributed by atoms with van der Waals surface area (Å²) in [7, 11) is 0. The van der Waals surface area contributed by atoms with Crippen LogP contribution in [0.15, 0.2) is 11.1 Å². The number of carboxylic acids is 1. The van der Waals surface area contributed by atoms with Crippen LogP contribution < -0.4 is 5.32 Å². The van der Waals surface area contributed by atoms with E-state index in [1.165, 1.54) is 12.0 Å². The number of allylic oxidation sites excluding steroid dienone is 2. The number of carbonyl (C=O) groups is 3. The lowest BCUT2D eigenvalue weighted by atomic mass is 9.33. The van der Waals surface area contributed by atoms with Gasteiger partial charge in [-0.3, -0.25) is 14.4 Å². The van der Waals surface area contributed by atoms with Crippen LogP contribution in [0.4, 0.5) is 0 Å². The molecule has 0 bridgehead atoms. The van der Waals surface area contributed by atoms with Gasteiger partial charge in [0.05, 0.1) is 18.4 Å². The van der Waals surface area contributed by atoms with Crippen LogP contribution in [0.3, 0.4) is 0 Å². The molecular formula is C39H63NO6. The second-order valence-corrected chi connectivity index (χ2v) is 18.4. The van der Waals surface area contributed by atoms with E-state index in [0.717, 1.165) is 63.5 Å². The third-order valence-corrected chi connectivity index (χ3v) is 15.0. The van der Waals surface area contributed by atoms with E-state index in [9.17, 15) is 24.6 Å². The fourth-order valence-electron chi connectivity index (χ4n) is 12.4. The summed E-state index contributed by atoms with van der Waals surface area (Å²) in [5, 5.41) is 22.3. The minimum Gasteiger partial charge on any atom is -0.481 e. The maximum atomic E-state index is 13.8. The highest BCUT2D eigenvalue weighted by molar-refractivity contribution is 6.00. The number of carbonyl (C=O) groups excluding carboxylic acids is 2. The lowest BCUT2D eigenvalue weighted by Gasteiger charge is -2.72. The van der Waals surface area contributed by atoms with Crippen LogP contribution in [0.1, 0.15) is 133 Å². The monoisotopic (exact) mass is 641 g/mol. The molecule has 4 fully saturated rings. The minimum atomic E-state index is -1.15. The van der Waals surface area contributed by atoms with E-state index in [4.69, 9.17) is 4.74 Å². The first-order chi connectivity index (χ1) is 21.3. The van der Waals surface area contributed by atoms with E-state index in [2.05, 4.69) is 53.8 Å². The molecule has 8 atom stereocenters. The van der Waals surface area contributed by atoms with Crippen molar-refractivity contribution in [3.63, 3.8) is 0 Å². The Bertz CT molecular complexity index is 1270. The van der Waals surface area contributed by atoms with Gasteiger partial charge in [0.1, 0.15) is 6.10 Å². The number of hydrogen-bond donors (Lipinski definition) is 3. The summed E-state index contributed by atoms with van der Waals surface area (Å²) in [5.41, 5.74) is 1.63. The summed E-state index contributed by atoms with van der Waals surface area (Å²) in [6.07, 6.45) is 9.87. The van der Waals surface area contributed by atoms with Gasteiger partial charge in [0.15, 0.2) is 5.78 Å². The summed E-state index contributed by atoms with van der Waals surface area (Å²) in [5.74, 6) is 0.619. The molecule has 5 aliphatic carbocycles. The molecule has 4 saturated carbocycles. The zero-order chi connectivity index (χ0) is 34.1. The molecule has 2 unspecified atom stereocenters. The van der Waals surface area contributed by atoms with Crippen LogP contribution >= 0.6 is 0 Å². The molecule has 0 aromatic rings. The van der Waals surface area contributed by atoms with E-state index < -0.39 is 17.4 Å². The summed E-state index contributed by atoms with van der Waals surface area (Å²) in [4.78, 5) is 38.5. The van der Waals surface area contributed by atoms with E-state index in [1.54, 1.807) is 13.8 Å². The van der Waals surface area contributed by atoms with Crippen LogP contribution in [-0.2, 0) is 19.1 Å². The Hall–Kier alpha value is -1.73. The molecule has 3 N–H and O–H groups in total. The highest BCUT2D eigenvalue weighted by atomic mass is 16.5. The number of aliphatic carboxylic acids is 1. The Morgan fingerprint density at radius 3 is 2.26 bits per heavy atom. The highest BCUT2D eigenvalue weighted by Crippen LogP contribution is 2.77. The number of hydrogen-bond acceptors (Lipinski definition) is 6. The standard InChI is InChI=1S/C39H63NO6/c1-24(2)31-26(42)22-39(18-19-40-20-21-41)17-16-37(8)25(32(31)39)10-11-28-36(7)14-13-29(46-30(43)23-34(3,4)33(44)45)35(5,6)27(36)12-15-38(28,37)9/h24-25,27-29,40-41H,10-23H2,1-9H3,(H,44,45)/t25-,27?,28?,29+,36+,37-,38-,39-/m1/s1. The van der Waals surface area contributed by atoms with E-state index >= 15 is 0 Å². The van der Waals surface area contributed by atoms with Gasteiger partial charge in [-0.05, 0) is 124 Å². The van der Waals surface area contributed by atoms with Crippen molar-refractivity contribution in [1.29, 1.82) is 0 Å². The Morgan fingerprint density at radius 2 is 1.63 bits per heavy atom. The molecule has 0 aliphatic heterocycles. The van der Waals surface area contributed by atoms with E-state index in [1.807, 2.05) is 0 Å². The van der Waals surface area contributed by atoms with Gasteiger partial charge in [0.2, 0.25) is 0 Å². The summed E-state index contributed by atoms with van der Waals surface area (Å²) < 4.78 is 6.14. The Kier molecular flexibility index (Phi) is 9.28. The molecule has 0 aromatic carbocycles. The normalized spacial score (nSPS) is 40.2. The van der Waals surface area contributed by atoms with Gasteiger partial charge in [-0.25, -0.2) is 0 Å². The zero-order valence-electron chi connectivity index (χ0n) is 30.3. The SMILES string of the molecule is CC(C)C1=C2[C@H]3CCC4[C@@]5(C)CC[C@H](OC(=O)CC(C)(C)C(=O)O)C(C)(C)C5CC[C@@]4(C)[C@]3(C)CC[C@@]2(CCNCCO)CC1=O. The van der Waals surface area contributed by atoms with Crippen LogP contribution in [-0.4, -0.2) is 53.7 Å². The maximum Gasteiger partial charge on any atom is 0.309 e. The van der Waals surface area contributed by atoms with Crippen molar-refractivity contribution in [2.75, 3.05) is 19.7 Å². The smallest absolute Gasteiger partial charge is 0.309 e. The predicted octanol–water partition coefficient (Wildman–Crippen LogP) is 7.35. The third kappa shape index (κ3) is 5.33. The molecule has 0 amide bonds. The number of nitrogens with one attached hydrogen (secondary N) is 1. The molecule has 0 heterocycles. The van der Waals surface area contributed by atoms with Crippen LogP contribution in [0, 0.1) is 56.2 Å². The van der Waals surface area contributed by atoms with Crippen LogP contribution in [0.25, 0.3) is 0 Å². The molecule has 46 heavy (non-hydrogen) atoms. The van der Waals surface area contributed by atoms with Gasteiger partial charge < -0.3 is 20.3 Å². The van der Waals surface area contributed by atoms with Gasteiger partial charge in [-0.2, -0.15) is 0 Å². The van der Waals surface area contributed by atoms with Gasteiger partial charge >= 0.3 is 11.9 Å². The number of rotatable bonds is 10. The van der Waals surface area contributed by atoms with Gasteiger partial charge in [-0.15, -0.1) is 0 Å². The topological polar surface area (TPSA) is 113 Å². The largest absolute Gasteiger partial charge is 0.481 e. The second-order valence-electron chi connectivity index (χ2n) is 18.4. The molecule has 0 radical (unpaired) electrons. The first-order valence-electron chi connectivity index (χ1n) is 18.3. The summed E-state index contributed by atoms with van der Waals surface area (Å²) in [6.45, 7) is 21.4. The number of fused-ring (bicyclic) bond motifs is 7.